The molecule has 33 heavy (non-hydrogen) atoms. The summed E-state index contributed by atoms with van der Waals surface area (Å²) in [5.74, 6) is 1.07. The smallest absolute Gasteiger partial charge is 0.120 e. The van der Waals surface area contributed by atoms with Crippen LogP contribution in [-0.4, -0.2) is 41.2 Å². The fraction of sp³-hybridized carbons (Fsp3) is 0.0833. The summed E-state index contributed by atoms with van der Waals surface area (Å²) in [7, 11) is 0. The summed E-state index contributed by atoms with van der Waals surface area (Å²) in [4.78, 5) is 19.0. The van der Waals surface area contributed by atoms with Crippen molar-refractivity contribution in [2.45, 2.75) is 6.92 Å². The zero-order chi connectivity index (χ0) is 22.1. The van der Waals surface area contributed by atoms with Crippen molar-refractivity contribution in [3.05, 3.63) is 78.4 Å². The molecule has 2 aliphatic rings. The van der Waals surface area contributed by atoms with Crippen LogP contribution in [0.3, 0.4) is 0 Å². The molecule has 0 unspecified atom stereocenters. The van der Waals surface area contributed by atoms with Gasteiger partial charge in [0.25, 0.3) is 0 Å². The standard InChI is InChI=1S/C24H19N9/c1-13-10-32(12-28-13)22-3-2-16-11-33(16)24-18(22)6-20(29-24)23-17-5-19(27-9-21(17)30-31-23)14-4-15(25)8-26-7-14/h2-10,12,29H,11,25H2,1H3,(H,30,31). The number of rotatable bonds is 3. The maximum atomic E-state index is 5.92. The van der Waals surface area contributed by atoms with Crippen molar-refractivity contribution in [3.63, 3.8) is 0 Å². The molecule has 1 saturated heterocycles. The van der Waals surface area contributed by atoms with Crippen molar-refractivity contribution in [3.8, 4) is 22.6 Å². The van der Waals surface area contributed by atoms with Crippen LogP contribution in [-0.2, 0) is 0 Å². The lowest BCUT2D eigenvalue weighted by Crippen LogP contribution is -1.99. The van der Waals surface area contributed by atoms with Gasteiger partial charge < -0.3 is 20.2 Å². The zero-order valence-corrected chi connectivity index (χ0v) is 17.7. The Labute approximate surface area is 188 Å². The van der Waals surface area contributed by atoms with Gasteiger partial charge >= 0.3 is 0 Å². The van der Waals surface area contributed by atoms with Crippen molar-refractivity contribution < 1.29 is 0 Å². The van der Waals surface area contributed by atoms with Crippen LogP contribution in [0.2, 0.25) is 0 Å². The molecule has 2 aliphatic heterocycles. The maximum absolute atomic E-state index is 5.92. The number of aryl methyl sites for hydroxylation is 1. The van der Waals surface area contributed by atoms with Gasteiger partial charge in [-0.2, -0.15) is 5.10 Å². The summed E-state index contributed by atoms with van der Waals surface area (Å²) in [5.41, 5.74) is 15.3. The Morgan fingerprint density at radius 2 is 2.00 bits per heavy atom. The number of nitrogens with one attached hydrogen (secondary N) is 2. The number of nitrogen functional groups attached to an aromatic ring is 1. The number of anilines is 2. The van der Waals surface area contributed by atoms with Crippen molar-refractivity contribution in [2.24, 2.45) is 0 Å². The number of aromatic amines is 2. The second-order valence-corrected chi connectivity index (χ2v) is 8.36. The topological polar surface area (TPSA) is 117 Å². The third-order valence-electron chi connectivity index (χ3n) is 6.09. The Kier molecular flexibility index (Phi) is 3.50. The summed E-state index contributed by atoms with van der Waals surface area (Å²) >= 11 is 0. The first-order valence-electron chi connectivity index (χ1n) is 10.6. The lowest BCUT2D eigenvalue weighted by molar-refractivity contribution is 1.09. The van der Waals surface area contributed by atoms with Gasteiger partial charge in [0.15, 0.2) is 0 Å². The normalized spacial score (nSPS) is 14.5. The van der Waals surface area contributed by atoms with Gasteiger partial charge in [-0.15, -0.1) is 0 Å². The highest BCUT2D eigenvalue weighted by molar-refractivity contribution is 5.96. The van der Waals surface area contributed by atoms with Gasteiger partial charge in [-0.05, 0) is 37.3 Å². The van der Waals surface area contributed by atoms with Crippen molar-refractivity contribution >= 4 is 28.1 Å². The molecule has 0 spiro atoms. The number of nitrogens with two attached hydrogens (primary N) is 1. The molecule has 0 bridgehead atoms. The fourth-order valence-electron chi connectivity index (χ4n) is 4.39. The van der Waals surface area contributed by atoms with E-state index in [4.69, 9.17) is 5.73 Å². The molecule has 0 aromatic carbocycles. The number of fused-ring (bicyclic) bond motifs is 4. The number of nitrogens with zero attached hydrogens (tertiary/aromatic N) is 6. The molecule has 5 aromatic heterocycles. The lowest BCUT2D eigenvalue weighted by Gasteiger charge is -2.08. The van der Waals surface area contributed by atoms with E-state index in [1.807, 2.05) is 31.6 Å². The predicted octanol–water partition coefficient (Wildman–Crippen LogP) is 3.71. The van der Waals surface area contributed by atoms with Crippen molar-refractivity contribution in [1.82, 2.24) is 34.7 Å². The quantitative estimate of drug-likeness (QED) is 0.374. The van der Waals surface area contributed by atoms with Gasteiger partial charge in [-0.1, -0.05) is 0 Å². The minimum Gasteiger partial charge on any atom is -0.397 e. The van der Waals surface area contributed by atoms with Crippen LogP contribution in [0.1, 0.15) is 11.3 Å². The van der Waals surface area contributed by atoms with E-state index in [2.05, 4.69) is 57.8 Å². The molecule has 0 aliphatic carbocycles. The molecule has 0 amide bonds. The third-order valence-corrected chi connectivity index (χ3v) is 6.09. The predicted molar refractivity (Wildman–Crippen MR) is 127 cm³/mol. The summed E-state index contributed by atoms with van der Waals surface area (Å²) in [6.07, 6.45) is 13.4. The molecule has 160 valence electrons. The van der Waals surface area contributed by atoms with Gasteiger partial charge in [-0.3, -0.25) is 15.1 Å². The molecule has 0 radical (unpaired) electrons. The number of hydrogen-bond donors (Lipinski definition) is 3. The van der Waals surface area contributed by atoms with Crippen LogP contribution in [0.4, 0.5) is 11.5 Å². The van der Waals surface area contributed by atoms with E-state index in [-0.39, 0.29) is 0 Å². The lowest BCUT2D eigenvalue weighted by atomic mass is 10.1. The molecular formula is C24H19N9. The first-order chi connectivity index (χ1) is 16.1. The van der Waals surface area contributed by atoms with E-state index in [9.17, 15) is 0 Å². The van der Waals surface area contributed by atoms with E-state index in [0.717, 1.165) is 62.9 Å². The SMILES string of the molecule is Cc1cn(C2=CC=C3CN3c3[nH]c(-c4n[nH]c5cnc(-c6cncc(N)c6)cc45)cc32)cn1. The zero-order valence-electron chi connectivity index (χ0n) is 17.7. The summed E-state index contributed by atoms with van der Waals surface area (Å²) in [6, 6.07) is 6.05. The Morgan fingerprint density at radius 3 is 2.85 bits per heavy atom. The molecule has 4 N–H and O–H groups in total. The van der Waals surface area contributed by atoms with Crippen LogP contribution >= 0.6 is 0 Å². The number of allylic oxidation sites excluding steroid dienone is 2. The van der Waals surface area contributed by atoms with Crippen molar-refractivity contribution in [2.75, 3.05) is 17.2 Å². The number of hydrogen-bond acceptors (Lipinski definition) is 6. The minimum absolute atomic E-state index is 0.603. The van der Waals surface area contributed by atoms with Crippen LogP contribution in [0.15, 0.2) is 67.2 Å². The van der Waals surface area contributed by atoms with E-state index in [0.29, 0.717) is 5.69 Å². The summed E-state index contributed by atoms with van der Waals surface area (Å²) in [6.45, 7) is 2.92. The molecule has 7 rings (SSSR count). The van der Waals surface area contributed by atoms with Gasteiger partial charge in [0.05, 0.1) is 53.1 Å². The van der Waals surface area contributed by atoms with E-state index in [1.165, 1.54) is 5.70 Å². The van der Waals surface area contributed by atoms with Crippen LogP contribution in [0.5, 0.6) is 0 Å². The average molecular weight is 433 g/mol. The number of H-pyrrole nitrogens is 2. The summed E-state index contributed by atoms with van der Waals surface area (Å²) in [5, 5.41) is 8.70. The largest absolute Gasteiger partial charge is 0.397 e. The highest BCUT2D eigenvalue weighted by Crippen LogP contribution is 2.42. The van der Waals surface area contributed by atoms with Crippen LogP contribution in [0, 0.1) is 6.92 Å². The fourth-order valence-corrected chi connectivity index (χ4v) is 4.39. The van der Waals surface area contributed by atoms with E-state index >= 15 is 0 Å². The molecule has 9 heteroatoms. The molecule has 0 atom stereocenters. The number of imidazole rings is 1. The monoisotopic (exact) mass is 433 g/mol. The van der Waals surface area contributed by atoms with Crippen LogP contribution < -0.4 is 10.6 Å². The van der Waals surface area contributed by atoms with Gasteiger partial charge in [-0.25, -0.2) is 4.98 Å². The third kappa shape index (κ3) is 2.79. The number of pyridine rings is 2. The number of aromatic nitrogens is 7. The minimum atomic E-state index is 0.603. The summed E-state index contributed by atoms with van der Waals surface area (Å²) < 4.78 is 2.06. The maximum Gasteiger partial charge on any atom is 0.120 e. The highest BCUT2D eigenvalue weighted by atomic mass is 15.3. The van der Waals surface area contributed by atoms with Gasteiger partial charge in [0.1, 0.15) is 11.5 Å². The second-order valence-electron chi connectivity index (χ2n) is 8.36. The average Bonchev–Trinajstić information content (AvgIpc) is 3.10. The highest BCUT2D eigenvalue weighted by Gasteiger charge is 2.33. The molecule has 7 heterocycles. The Bertz CT molecular complexity index is 1630. The van der Waals surface area contributed by atoms with Crippen LogP contribution in [0.25, 0.3) is 39.2 Å². The Balaban J connectivity index is 1.37. The molecule has 5 aromatic rings. The van der Waals surface area contributed by atoms with E-state index in [1.54, 1.807) is 18.6 Å². The first kappa shape index (κ1) is 18.0. The molecule has 0 saturated carbocycles. The Hall–Kier alpha value is -4.66. The molecule has 1 fully saturated rings. The second kappa shape index (κ2) is 6.42. The van der Waals surface area contributed by atoms with Gasteiger partial charge in [0.2, 0.25) is 0 Å². The van der Waals surface area contributed by atoms with Crippen molar-refractivity contribution in [1.29, 1.82) is 0 Å². The first-order valence-corrected chi connectivity index (χ1v) is 10.6. The van der Waals surface area contributed by atoms with Gasteiger partial charge in [0, 0.05) is 40.8 Å². The molecule has 9 nitrogen and oxygen atoms in total. The Morgan fingerprint density at radius 1 is 1.06 bits per heavy atom. The molecular weight excluding hydrogens is 414 g/mol. The van der Waals surface area contributed by atoms with E-state index < -0.39 is 0 Å².